The molecule has 2 aromatic rings. The van der Waals surface area contributed by atoms with Gasteiger partial charge in [0.1, 0.15) is 0 Å². The van der Waals surface area contributed by atoms with Crippen molar-refractivity contribution in [2.45, 2.75) is 33.2 Å². The fraction of sp³-hybridized carbons (Fsp3) is 0.462. The van der Waals surface area contributed by atoms with Crippen molar-refractivity contribution in [1.29, 1.82) is 0 Å². The van der Waals surface area contributed by atoms with Gasteiger partial charge in [0.05, 0.1) is 6.04 Å². The first kappa shape index (κ1) is 13.8. The van der Waals surface area contributed by atoms with Crippen LogP contribution in [0, 0.1) is 5.92 Å². The Balaban J connectivity index is 2.41. The molecule has 0 saturated carbocycles. The van der Waals surface area contributed by atoms with Crippen molar-refractivity contribution in [3.05, 3.63) is 23.2 Å². The van der Waals surface area contributed by atoms with Crippen LogP contribution in [0.1, 0.15) is 33.2 Å². The maximum absolute atomic E-state index is 6.02. The molecule has 5 nitrogen and oxygen atoms in total. The number of hydrogen-bond donors (Lipinski definition) is 1. The van der Waals surface area contributed by atoms with Crippen LogP contribution in [0.15, 0.2) is 18.2 Å². The van der Waals surface area contributed by atoms with E-state index in [1.165, 1.54) is 0 Å². The molecule has 1 unspecified atom stereocenters. The van der Waals surface area contributed by atoms with Crippen LogP contribution in [-0.4, -0.2) is 20.2 Å². The number of anilines is 1. The molecule has 0 aliphatic carbocycles. The normalized spacial score (nSPS) is 12.9. The summed E-state index contributed by atoms with van der Waals surface area (Å²) in [6.07, 6.45) is 0.999. The van der Waals surface area contributed by atoms with E-state index in [-0.39, 0.29) is 6.04 Å². The van der Waals surface area contributed by atoms with Gasteiger partial charge in [0.15, 0.2) is 5.82 Å². The van der Waals surface area contributed by atoms with E-state index in [1.807, 2.05) is 4.68 Å². The van der Waals surface area contributed by atoms with Crippen molar-refractivity contribution in [2.75, 3.05) is 5.73 Å². The molecule has 0 radical (unpaired) electrons. The average Bonchev–Trinajstić information content (AvgIpc) is 2.80. The summed E-state index contributed by atoms with van der Waals surface area (Å²) in [5.74, 6) is 1.23. The first-order chi connectivity index (χ1) is 8.99. The van der Waals surface area contributed by atoms with Gasteiger partial charge in [0, 0.05) is 16.3 Å². The van der Waals surface area contributed by atoms with Gasteiger partial charge in [-0.15, -0.1) is 5.10 Å². The Labute approximate surface area is 117 Å². The fourth-order valence-electron chi connectivity index (χ4n) is 2.17. The van der Waals surface area contributed by atoms with Gasteiger partial charge in [-0.1, -0.05) is 25.4 Å². The van der Waals surface area contributed by atoms with Gasteiger partial charge < -0.3 is 5.73 Å². The number of halogens is 1. The molecule has 0 spiro atoms. The second-order valence-corrected chi connectivity index (χ2v) is 5.59. The lowest BCUT2D eigenvalue weighted by atomic mass is 10.0. The molecule has 0 aliphatic heterocycles. The maximum Gasteiger partial charge on any atom is 0.184 e. The van der Waals surface area contributed by atoms with Gasteiger partial charge in [0.2, 0.25) is 0 Å². The summed E-state index contributed by atoms with van der Waals surface area (Å²) in [5.41, 5.74) is 7.38. The molecular formula is C13H18ClN5. The van der Waals surface area contributed by atoms with Crippen LogP contribution in [0.2, 0.25) is 5.02 Å². The van der Waals surface area contributed by atoms with E-state index in [2.05, 4.69) is 36.3 Å². The molecule has 1 aromatic heterocycles. The summed E-state index contributed by atoms with van der Waals surface area (Å²) in [5, 5.41) is 12.5. The molecule has 0 amide bonds. The number of rotatable bonds is 4. The number of nitrogens with zero attached hydrogens (tertiary/aromatic N) is 4. The molecule has 0 aliphatic rings. The lowest BCUT2D eigenvalue weighted by Gasteiger charge is -2.16. The number of aromatic nitrogens is 4. The molecule has 102 valence electrons. The van der Waals surface area contributed by atoms with Crippen molar-refractivity contribution < 1.29 is 0 Å². The molecule has 1 aromatic carbocycles. The molecule has 2 rings (SSSR count). The Morgan fingerprint density at radius 3 is 2.74 bits per heavy atom. The summed E-state index contributed by atoms with van der Waals surface area (Å²) in [4.78, 5) is 0. The molecule has 0 saturated heterocycles. The summed E-state index contributed by atoms with van der Waals surface area (Å²) in [7, 11) is 0. The average molecular weight is 280 g/mol. The second kappa shape index (κ2) is 5.57. The minimum Gasteiger partial charge on any atom is -0.398 e. The number of hydrogen-bond acceptors (Lipinski definition) is 4. The van der Waals surface area contributed by atoms with Crippen LogP contribution in [0.3, 0.4) is 0 Å². The minimum atomic E-state index is 0.211. The third kappa shape index (κ3) is 3.04. The minimum absolute atomic E-state index is 0.211. The fourth-order valence-corrected chi connectivity index (χ4v) is 2.34. The first-order valence-electron chi connectivity index (χ1n) is 6.32. The van der Waals surface area contributed by atoms with Crippen LogP contribution >= 0.6 is 11.6 Å². The third-order valence-corrected chi connectivity index (χ3v) is 3.21. The predicted octanol–water partition coefficient (Wildman–Crippen LogP) is 3.18. The molecular weight excluding hydrogens is 262 g/mol. The highest BCUT2D eigenvalue weighted by atomic mass is 35.5. The van der Waals surface area contributed by atoms with Gasteiger partial charge in [-0.25, -0.2) is 4.68 Å². The van der Waals surface area contributed by atoms with Gasteiger partial charge in [-0.2, -0.15) is 0 Å². The topological polar surface area (TPSA) is 69.6 Å². The summed E-state index contributed by atoms with van der Waals surface area (Å²) in [6.45, 7) is 6.45. The first-order valence-corrected chi connectivity index (χ1v) is 6.70. The Morgan fingerprint density at radius 1 is 1.32 bits per heavy atom. The van der Waals surface area contributed by atoms with Crippen molar-refractivity contribution in [3.63, 3.8) is 0 Å². The van der Waals surface area contributed by atoms with E-state index >= 15 is 0 Å². The van der Waals surface area contributed by atoms with Crippen LogP contribution < -0.4 is 5.73 Å². The maximum atomic E-state index is 6.02. The molecule has 1 heterocycles. The van der Waals surface area contributed by atoms with Crippen molar-refractivity contribution >= 4 is 17.3 Å². The molecule has 0 bridgehead atoms. The molecule has 19 heavy (non-hydrogen) atoms. The van der Waals surface area contributed by atoms with Gasteiger partial charge in [-0.05, 0) is 47.9 Å². The summed E-state index contributed by atoms with van der Waals surface area (Å²) >= 11 is 6.02. The Kier molecular flexibility index (Phi) is 4.04. The Hall–Kier alpha value is -1.62. The van der Waals surface area contributed by atoms with E-state index in [9.17, 15) is 0 Å². The molecule has 0 fully saturated rings. The highest BCUT2D eigenvalue weighted by molar-refractivity contribution is 6.31. The van der Waals surface area contributed by atoms with Crippen LogP contribution in [0.5, 0.6) is 0 Å². The zero-order valence-electron chi connectivity index (χ0n) is 11.3. The van der Waals surface area contributed by atoms with Gasteiger partial charge in [0.25, 0.3) is 0 Å². The molecule has 6 heteroatoms. The monoisotopic (exact) mass is 279 g/mol. The second-order valence-electron chi connectivity index (χ2n) is 5.16. The smallest absolute Gasteiger partial charge is 0.184 e. The van der Waals surface area contributed by atoms with E-state index < -0.39 is 0 Å². The van der Waals surface area contributed by atoms with Crippen LogP contribution in [0.4, 0.5) is 5.69 Å². The zero-order chi connectivity index (χ0) is 14.0. The van der Waals surface area contributed by atoms with Gasteiger partial charge in [-0.3, -0.25) is 0 Å². The predicted molar refractivity (Wildman–Crippen MR) is 76.8 cm³/mol. The van der Waals surface area contributed by atoms with Crippen molar-refractivity contribution in [1.82, 2.24) is 20.2 Å². The van der Waals surface area contributed by atoms with Crippen LogP contribution in [0.25, 0.3) is 11.4 Å². The van der Waals surface area contributed by atoms with Crippen molar-refractivity contribution in [2.24, 2.45) is 5.92 Å². The summed E-state index contributed by atoms with van der Waals surface area (Å²) < 4.78 is 1.81. The number of benzene rings is 1. The van der Waals surface area contributed by atoms with E-state index in [1.54, 1.807) is 18.2 Å². The lowest BCUT2D eigenvalue weighted by molar-refractivity contribution is 0.394. The standard InChI is InChI=1S/C13H18ClN5/c1-8(2)6-9(3)19-13(16-17-18-19)11-7-10(14)4-5-12(11)15/h4-5,7-9H,6,15H2,1-3H3. The zero-order valence-corrected chi connectivity index (χ0v) is 12.1. The lowest BCUT2D eigenvalue weighted by Crippen LogP contribution is -2.12. The van der Waals surface area contributed by atoms with E-state index in [0.717, 1.165) is 12.0 Å². The summed E-state index contributed by atoms with van der Waals surface area (Å²) in [6, 6.07) is 5.53. The number of nitrogen functional groups attached to an aromatic ring is 1. The molecule has 1 atom stereocenters. The van der Waals surface area contributed by atoms with E-state index in [4.69, 9.17) is 17.3 Å². The molecule has 2 N–H and O–H groups in total. The van der Waals surface area contributed by atoms with Gasteiger partial charge >= 0.3 is 0 Å². The van der Waals surface area contributed by atoms with Crippen LogP contribution in [-0.2, 0) is 0 Å². The Morgan fingerprint density at radius 2 is 2.05 bits per heavy atom. The number of nitrogens with two attached hydrogens (primary N) is 1. The van der Waals surface area contributed by atoms with Crippen molar-refractivity contribution in [3.8, 4) is 11.4 Å². The van der Waals surface area contributed by atoms with E-state index in [0.29, 0.717) is 22.5 Å². The highest BCUT2D eigenvalue weighted by Gasteiger charge is 2.17. The Bertz CT molecular complexity index is 564. The highest BCUT2D eigenvalue weighted by Crippen LogP contribution is 2.29. The third-order valence-electron chi connectivity index (χ3n) is 2.98. The SMILES string of the molecule is CC(C)CC(C)n1nnnc1-c1cc(Cl)ccc1N. The quantitative estimate of drug-likeness (QED) is 0.873. The largest absolute Gasteiger partial charge is 0.398 e. The number of tetrazole rings is 1.